The minimum atomic E-state index is 0.0172. The highest BCUT2D eigenvalue weighted by Gasteiger charge is 2.68. The van der Waals surface area contributed by atoms with Crippen LogP contribution in [0, 0.1) is 11.3 Å². The molecule has 2 unspecified atom stereocenters. The largest absolute Gasteiger partial charge is 0.369 e. The Bertz CT molecular complexity index is 857. The van der Waals surface area contributed by atoms with Crippen LogP contribution in [0.15, 0.2) is 72.8 Å². The Morgan fingerprint density at radius 2 is 1.64 bits per heavy atom. The van der Waals surface area contributed by atoms with E-state index in [9.17, 15) is 0 Å². The third-order valence-electron chi connectivity index (χ3n) is 6.79. The summed E-state index contributed by atoms with van der Waals surface area (Å²) in [4.78, 5) is 0. The highest BCUT2D eigenvalue weighted by molar-refractivity contribution is 5.90. The van der Waals surface area contributed by atoms with Gasteiger partial charge in [-0.2, -0.15) is 0 Å². The van der Waals surface area contributed by atoms with Crippen LogP contribution in [0.25, 0.3) is 11.1 Å². The number of fused-ring (bicyclic) bond motifs is 2. The molecule has 126 valence electrons. The summed E-state index contributed by atoms with van der Waals surface area (Å²) in [5, 5.41) is 0. The van der Waals surface area contributed by atoms with Gasteiger partial charge in [0.25, 0.3) is 0 Å². The van der Waals surface area contributed by atoms with E-state index in [-0.39, 0.29) is 11.0 Å². The van der Waals surface area contributed by atoms with Crippen molar-refractivity contribution >= 4 is 11.1 Å². The zero-order chi connectivity index (χ0) is 17.1. The van der Waals surface area contributed by atoms with Crippen LogP contribution in [0.3, 0.4) is 0 Å². The van der Waals surface area contributed by atoms with Gasteiger partial charge in [-0.15, -0.1) is 0 Å². The van der Waals surface area contributed by atoms with E-state index in [1.165, 1.54) is 27.8 Å². The first-order valence-corrected chi connectivity index (χ1v) is 9.32. The molecule has 0 radical (unpaired) electrons. The quantitative estimate of drug-likeness (QED) is 0.654. The first kappa shape index (κ1) is 15.2. The third kappa shape index (κ3) is 1.99. The van der Waals surface area contributed by atoms with Gasteiger partial charge in [0.2, 0.25) is 0 Å². The molecular weight excluding hydrogens is 304 g/mol. The number of ether oxygens (including phenoxy) is 1. The van der Waals surface area contributed by atoms with Crippen molar-refractivity contribution in [3.05, 3.63) is 83.9 Å². The normalized spacial score (nSPS) is 32.9. The van der Waals surface area contributed by atoms with Gasteiger partial charge < -0.3 is 4.74 Å². The number of hydrogen-bond donors (Lipinski definition) is 0. The molecule has 1 spiro atoms. The van der Waals surface area contributed by atoms with Crippen molar-refractivity contribution in [2.24, 2.45) is 11.3 Å². The highest BCUT2D eigenvalue weighted by Crippen LogP contribution is 2.71. The van der Waals surface area contributed by atoms with Crippen molar-refractivity contribution in [2.75, 3.05) is 6.61 Å². The van der Waals surface area contributed by atoms with Gasteiger partial charge in [0.05, 0.1) is 12.2 Å². The maximum atomic E-state index is 6.05. The fourth-order valence-corrected chi connectivity index (χ4v) is 5.61. The van der Waals surface area contributed by atoms with Crippen LogP contribution in [-0.4, -0.2) is 12.2 Å². The van der Waals surface area contributed by atoms with Gasteiger partial charge >= 0.3 is 0 Å². The highest BCUT2D eigenvalue weighted by atomic mass is 16.6. The van der Waals surface area contributed by atoms with Crippen LogP contribution in [0.2, 0.25) is 0 Å². The van der Waals surface area contributed by atoms with Crippen molar-refractivity contribution in [1.82, 2.24) is 0 Å². The van der Waals surface area contributed by atoms with Crippen molar-refractivity contribution in [1.29, 1.82) is 0 Å². The number of epoxide rings is 1. The second kappa shape index (κ2) is 5.19. The molecule has 1 heteroatoms. The summed E-state index contributed by atoms with van der Waals surface area (Å²) < 4.78 is 6.05. The summed E-state index contributed by atoms with van der Waals surface area (Å²) >= 11 is 0. The summed E-state index contributed by atoms with van der Waals surface area (Å²) in [7, 11) is 0. The van der Waals surface area contributed by atoms with Crippen LogP contribution in [0.4, 0.5) is 0 Å². The average Bonchev–Trinajstić information content (AvgIpc) is 3.30. The van der Waals surface area contributed by atoms with E-state index in [1.54, 1.807) is 0 Å². The van der Waals surface area contributed by atoms with Gasteiger partial charge in [0, 0.05) is 11.3 Å². The molecule has 2 fully saturated rings. The fourth-order valence-electron chi connectivity index (χ4n) is 5.61. The zero-order valence-corrected chi connectivity index (χ0v) is 14.8. The third-order valence-corrected chi connectivity index (χ3v) is 6.79. The SMILES string of the molecule is C=C(c1ccccc1)[C@@]12CCC3(CO3)C1CC(C)=C2c1ccccc1. The predicted molar refractivity (Wildman–Crippen MR) is 103 cm³/mol. The van der Waals surface area contributed by atoms with Crippen molar-refractivity contribution in [3.63, 3.8) is 0 Å². The Morgan fingerprint density at radius 3 is 2.28 bits per heavy atom. The molecule has 1 heterocycles. The molecule has 5 rings (SSSR count). The molecule has 3 atom stereocenters. The zero-order valence-electron chi connectivity index (χ0n) is 14.8. The van der Waals surface area contributed by atoms with Gasteiger partial charge in [0.1, 0.15) is 0 Å². The van der Waals surface area contributed by atoms with E-state index in [0.29, 0.717) is 5.92 Å². The van der Waals surface area contributed by atoms with Gasteiger partial charge in [0.15, 0.2) is 0 Å². The Hall–Kier alpha value is -2.12. The number of benzene rings is 2. The monoisotopic (exact) mass is 328 g/mol. The molecule has 1 nitrogen and oxygen atoms in total. The summed E-state index contributed by atoms with van der Waals surface area (Å²) in [6.07, 6.45) is 3.44. The predicted octanol–water partition coefficient (Wildman–Crippen LogP) is 5.74. The fraction of sp³-hybridized carbons (Fsp3) is 0.333. The molecule has 0 aromatic heterocycles. The van der Waals surface area contributed by atoms with Crippen molar-refractivity contribution < 1.29 is 4.74 Å². The van der Waals surface area contributed by atoms with E-state index in [0.717, 1.165) is 25.9 Å². The van der Waals surface area contributed by atoms with E-state index < -0.39 is 0 Å². The molecule has 0 N–H and O–H groups in total. The Labute approximate surface area is 150 Å². The molecule has 1 aliphatic heterocycles. The first-order valence-electron chi connectivity index (χ1n) is 9.32. The summed E-state index contributed by atoms with van der Waals surface area (Å²) in [5.41, 5.74) is 7.06. The lowest BCUT2D eigenvalue weighted by Gasteiger charge is -2.37. The average molecular weight is 328 g/mol. The lowest BCUT2D eigenvalue weighted by Crippen LogP contribution is -2.30. The van der Waals surface area contributed by atoms with Crippen LogP contribution in [0.1, 0.15) is 37.3 Å². The van der Waals surface area contributed by atoms with Gasteiger partial charge in [-0.05, 0) is 48.5 Å². The number of hydrogen-bond acceptors (Lipinski definition) is 1. The van der Waals surface area contributed by atoms with Crippen molar-refractivity contribution in [3.8, 4) is 0 Å². The minimum absolute atomic E-state index is 0.0172. The second-order valence-electron chi connectivity index (χ2n) is 7.95. The standard InChI is InChI=1S/C24H24O/c1-17-15-21-23(16-25-23)13-14-24(21,18(2)19-9-5-3-6-10-19)22(17)20-11-7-4-8-12-20/h3-12,21H,2,13-16H2,1H3/t21?,23?,24-/m0/s1. The molecule has 1 saturated heterocycles. The topological polar surface area (TPSA) is 12.5 Å². The molecule has 1 saturated carbocycles. The summed E-state index contributed by atoms with van der Waals surface area (Å²) in [6.45, 7) is 7.90. The lowest BCUT2D eigenvalue weighted by molar-refractivity contribution is 0.222. The Balaban J connectivity index is 1.70. The number of allylic oxidation sites excluding steroid dienone is 3. The Morgan fingerprint density at radius 1 is 1.00 bits per heavy atom. The van der Waals surface area contributed by atoms with Crippen molar-refractivity contribution in [2.45, 2.75) is 31.8 Å². The minimum Gasteiger partial charge on any atom is -0.369 e. The van der Waals surface area contributed by atoms with E-state index >= 15 is 0 Å². The van der Waals surface area contributed by atoms with Crippen LogP contribution in [0.5, 0.6) is 0 Å². The molecule has 2 aromatic rings. The molecule has 3 aliphatic rings. The molecule has 0 amide bonds. The first-order chi connectivity index (χ1) is 12.2. The molecule has 2 aliphatic carbocycles. The molecule has 0 bridgehead atoms. The van der Waals surface area contributed by atoms with Crippen LogP contribution in [-0.2, 0) is 4.74 Å². The molecule has 2 aromatic carbocycles. The van der Waals surface area contributed by atoms with Gasteiger partial charge in [-0.25, -0.2) is 0 Å². The lowest BCUT2D eigenvalue weighted by atomic mass is 9.65. The summed E-state index contributed by atoms with van der Waals surface area (Å²) in [6, 6.07) is 21.7. The van der Waals surface area contributed by atoms with Gasteiger partial charge in [-0.1, -0.05) is 72.8 Å². The van der Waals surface area contributed by atoms with Gasteiger partial charge in [-0.3, -0.25) is 0 Å². The maximum Gasteiger partial charge on any atom is 0.0959 e. The Kier molecular flexibility index (Phi) is 3.15. The van der Waals surface area contributed by atoms with Crippen LogP contribution >= 0.6 is 0 Å². The number of rotatable bonds is 3. The van der Waals surface area contributed by atoms with E-state index in [2.05, 4.69) is 74.2 Å². The second-order valence-corrected chi connectivity index (χ2v) is 7.95. The smallest absolute Gasteiger partial charge is 0.0959 e. The summed E-state index contributed by atoms with van der Waals surface area (Å²) in [5.74, 6) is 0.530. The van der Waals surface area contributed by atoms with E-state index in [1.807, 2.05) is 0 Å². The molecule has 25 heavy (non-hydrogen) atoms. The van der Waals surface area contributed by atoms with E-state index in [4.69, 9.17) is 4.74 Å². The molecular formula is C24H24O. The van der Waals surface area contributed by atoms with Crippen LogP contribution < -0.4 is 0 Å². The maximum absolute atomic E-state index is 6.05.